The summed E-state index contributed by atoms with van der Waals surface area (Å²) in [5.41, 5.74) is 1.17. The van der Waals surface area contributed by atoms with Crippen molar-refractivity contribution in [2.45, 2.75) is 6.54 Å². The van der Waals surface area contributed by atoms with Gasteiger partial charge in [0, 0.05) is 6.54 Å². The van der Waals surface area contributed by atoms with E-state index in [1.807, 2.05) is 0 Å². The van der Waals surface area contributed by atoms with Crippen molar-refractivity contribution in [1.29, 1.82) is 0 Å². The van der Waals surface area contributed by atoms with Crippen molar-refractivity contribution in [2.24, 2.45) is 0 Å². The van der Waals surface area contributed by atoms with E-state index in [0.29, 0.717) is 16.6 Å². The van der Waals surface area contributed by atoms with Gasteiger partial charge in [0.15, 0.2) is 5.52 Å². The number of nitrogens with one attached hydrogen (secondary N) is 2. The van der Waals surface area contributed by atoms with Gasteiger partial charge in [0.05, 0.1) is 20.4 Å². The molecule has 0 aliphatic rings. The van der Waals surface area contributed by atoms with Crippen LogP contribution in [0.4, 0.5) is 10.7 Å². The first kappa shape index (κ1) is 24.1. The van der Waals surface area contributed by atoms with Gasteiger partial charge in [0.25, 0.3) is 11.5 Å². The average molecular weight is 459 g/mol. The van der Waals surface area contributed by atoms with E-state index in [0.717, 1.165) is 0 Å². The van der Waals surface area contributed by atoms with Crippen molar-refractivity contribution in [2.75, 3.05) is 19.5 Å². The maximum absolute atomic E-state index is 12.3. The molecule has 1 amide bonds. The Morgan fingerprint density at radius 3 is 2.64 bits per heavy atom. The summed E-state index contributed by atoms with van der Waals surface area (Å²) in [6.45, 7) is 0.249. The summed E-state index contributed by atoms with van der Waals surface area (Å²) in [5.74, 6) is -0.494. The van der Waals surface area contributed by atoms with Crippen molar-refractivity contribution < 1.29 is 82.7 Å². The molecule has 1 aromatic carbocycles. The number of H-pyrrole nitrogens is 1. The second-order valence-electron chi connectivity index (χ2n) is 5.16. The van der Waals surface area contributed by atoms with Gasteiger partial charge in [0.2, 0.25) is 5.95 Å². The summed E-state index contributed by atoms with van der Waals surface area (Å²) in [7, 11) is 2.50. The van der Waals surface area contributed by atoms with Gasteiger partial charge in [0.1, 0.15) is 5.52 Å². The number of hydrogen-bond acceptors (Lipinski definition) is 8. The molecule has 142 valence electrons. The molecule has 3 rings (SSSR count). The van der Waals surface area contributed by atoms with Crippen LogP contribution in [0.15, 0.2) is 29.2 Å². The van der Waals surface area contributed by atoms with Crippen molar-refractivity contribution in [3.63, 3.8) is 0 Å². The number of carbonyl (C=O) groups excluding carboxylic acids is 2. The predicted molar refractivity (Wildman–Crippen MR) is 91.8 cm³/mol. The van der Waals surface area contributed by atoms with Crippen LogP contribution >= 0.6 is 0 Å². The third-order valence-corrected chi connectivity index (χ3v) is 3.52. The molecule has 0 spiro atoms. The maximum Gasteiger partial charge on any atom is 1.00 e. The van der Waals surface area contributed by atoms with Crippen molar-refractivity contribution in [3.8, 4) is 0 Å². The Hall–Kier alpha value is -1.92. The number of fused-ring (bicyclic) bond motifs is 1. The molecular weight excluding hydrogens is 444 g/mol. The van der Waals surface area contributed by atoms with Gasteiger partial charge in [-0.05, 0) is 0 Å². The summed E-state index contributed by atoms with van der Waals surface area (Å²) in [4.78, 5) is 41.5. The van der Waals surface area contributed by atoms with E-state index in [1.165, 1.54) is 31.2 Å². The molecular formula is C16H15N5O6Rb-. The summed E-state index contributed by atoms with van der Waals surface area (Å²) >= 11 is 0. The molecule has 0 radical (unpaired) electrons. The largest absolute Gasteiger partial charge is 1.00 e. The van der Waals surface area contributed by atoms with Gasteiger partial charge in [-0.3, -0.25) is 24.6 Å². The minimum Gasteiger partial charge on any atom is -0.870 e. The summed E-state index contributed by atoms with van der Waals surface area (Å²) in [6.07, 6.45) is 0.663. The zero-order valence-corrected chi connectivity index (χ0v) is 20.3. The van der Waals surface area contributed by atoms with Crippen LogP contribution < -0.4 is 69.1 Å². The number of anilines is 1. The first-order valence-electron chi connectivity index (χ1n) is 7.41. The molecule has 0 bridgehead atoms. The van der Waals surface area contributed by atoms with Gasteiger partial charge < -0.3 is 14.9 Å². The van der Waals surface area contributed by atoms with Crippen molar-refractivity contribution in [3.05, 3.63) is 51.9 Å². The molecule has 11 nitrogen and oxygen atoms in total. The predicted octanol–water partition coefficient (Wildman–Crippen LogP) is -2.24. The molecule has 12 heteroatoms. The third-order valence-electron chi connectivity index (χ3n) is 3.52. The number of methoxy groups -OCH3 is 2. The Labute approximate surface area is 207 Å². The Balaban J connectivity index is 0.00000196. The maximum atomic E-state index is 12.3. The first-order valence-corrected chi connectivity index (χ1v) is 7.41. The number of carbonyl (C=O) groups is 2. The smallest absolute Gasteiger partial charge is 0.870 e. The minimum absolute atomic E-state index is 0. The second-order valence-corrected chi connectivity index (χ2v) is 5.16. The number of aromatic amines is 1. The average Bonchev–Trinajstić information content (AvgIpc) is 3.04. The molecule has 0 saturated heterocycles. The molecule has 2 heterocycles. The monoisotopic (exact) mass is 458 g/mol. The number of esters is 1. The molecule has 0 fully saturated rings. The third kappa shape index (κ3) is 5.32. The fraction of sp³-hybridized carbons (Fsp3) is 0.188. The van der Waals surface area contributed by atoms with Crippen LogP contribution in [0.5, 0.6) is 0 Å². The van der Waals surface area contributed by atoms with E-state index in [-0.39, 0.29) is 81.7 Å². The van der Waals surface area contributed by atoms with E-state index in [2.05, 4.69) is 35.9 Å². The molecule has 3 N–H and O–H groups in total. The van der Waals surface area contributed by atoms with E-state index in [4.69, 9.17) is 0 Å². The molecule has 3 aromatic rings. The molecule has 0 aliphatic carbocycles. The fourth-order valence-electron chi connectivity index (χ4n) is 2.29. The van der Waals surface area contributed by atoms with Gasteiger partial charge in [-0.2, -0.15) is 29.4 Å². The molecule has 28 heavy (non-hydrogen) atoms. The van der Waals surface area contributed by atoms with Crippen LogP contribution in [-0.2, 0) is 16.0 Å². The topological polar surface area (TPSA) is 158 Å². The quantitative estimate of drug-likeness (QED) is 0.328. The van der Waals surface area contributed by atoms with Crippen LogP contribution in [0.25, 0.3) is 11.0 Å². The number of ether oxygens (including phenoxy) is 2. The number of benzene rings is 1. The summed E-state index contributed by atoms with van der Waals surface area (Å²) in [6, 6.07) is 7.75. The molecule has 0 unspecified atom stereocenters. The van der Waals surface area contributed by atoms with Gasteiger partial charge in [-0.1, -0.05) is 5.56 Å². The number of amides is 1. The summed E-state index contributed by atoms with van der Waals surface area (Å²) in [5, 5.41) is 6.44. The molecule has 0 aliphatic heterocycles. The number of hydrogen-bond donors (Lipinski definition) is 2. The van der Waals surface area contributed by atoms with Gasteiger partial charge in [-0.25, -0.2) is 9.78 Å². The van der Waals surface area contributed by atoms with Crippen molar-refractivity contribution in [1.82, 2.24) is 19.7 Å². The normalized spacial score (nSPS) is 9.79. The van der Waals surface area contributed by atoms with Crippen LogP contribution in [0.2, 0.25) is 0 Å². The molecule has 0 saturated carbocycles. The van der Waals surface area contributed by atoms with E-state index in [9.17, 15) is 14.4 Å². The van der Waals surface area contributed by atoms with Gasteiger partial charge in [-0.15, -0.1) is 5.56 Å². The van der Waals surface area contributed by atoms with Crippen LogP contribution in [0.3, 0.4) is 0 Å². The summed E-state index contributed by atoms with van der Waals surface area (Å²) < 4.78 is 10.5. The Kier molecular flexibility index (Phi) is 9.11. The van der Waals surface area contributed by atoms with Crippen LogP contribution in [-0.4, -0.2) is 51.5 Å². The number of nitrogens with zero attached hydrogens (tertiary/aromatic N) is 3. The SMILES string of the molecule is COC(=O)Nc1nc2cnn(Cc3[c-]cc(C(=O)OC)cc3)c2c(=O)[nH]1.[OH-].[Rb+]. The van der Waals surface area contributed by atoms with E-state index >= 15 is 0 Å². The molecule has 0 atom stereocenters. The van der Waals surface area contributed by atoms with Crippen molar-refractivity contribution >= 4 is 29.0 Å². The molecule has 2 aromatic heterocycles. The Morgan fingerprint density at radius 1 is 1.29 bits per heavy atom. The Bertz CT molecular complexity index is 1030. The van der Waals surface area contributed by atoms with Gasteiger partial charge >= 0.3 is 64.3 Å². The fourth-order valence-corrected chi connectivity index (χ4v) is 2.29. The van der Waals surface area contributed by atoms with Crippen LogP contribution in [0.1, 0.15) is 15.9 Å². The zero-order valence-electron chi connectivity index (χ0n) is 15.3. The Morgan fingerprint density at radius 2 is 2.04 bits per heavy atom. The first-order chi connectivity index (χ1) is 12.5. The van der Waals surface area contributed by atoms with E-state index in [1.54, 1.807) is 12.1 Å². The number of rotatable bonds is 4. The number of aromatic nitrogens is 4. The minimum atomic E-state index is -0.750. The standard InChI is InChI=1S/C16H14N5O5.H2O.Rb/c1-25-14(23)10-5-3-9(4-6-10)8-21-12-11(7-17-21)18-15(19-13(12)22)20-16(24)26-2;;/h3,5-7H,8H2,1-2H3,(H2,18,19,20,22,24);1H2;/q-1;;+1/p-1. The van der Waals surface area contributed by atoms with Crippen LogP contribution in [0, 0.1) is 6.07 Å². The second kappa shape index (κ2) is 10.6. The van der Waals surface area contributed by atoms with E-state index < -0.39 is 17.6 Å². The zero-order chi connectivity index (χ0) is 18.7.